The van der Waals surface area contributed by atoms with Crippen LogP contribution in [0.15, 0.2) is 81.5 Å². The van der Waals surface area contributed by atoms with Gasteiger partial charge in [-0.25, -0.2) is 64.9 Å². The number of sulfone groups is 2. The fourth-order valence-electron chi connectivity index (χ4n) is 9.73. The van der Waals surface area contributed by atoms with E-state index in [9.17, 15) is 36.3 Å². The average Bonchev–Trinajstić information content (AvgIpc) is 1.24. The summed E-state index contributed by atoms with van der Waals surface area (Å²) in [6.07, 6.45) is 1.39. The Labute approximate surface area is 529 Å². The lowest BCUT2D eigenvalue weighted by atomic mass is 10.0. The topological polar surface area (TPSA) is 312 Å². The Morgan fingerprint density at radius 3 is 1.77 bits per heavy atom. The summed E-state index contributed by atoms with van der Waals surface area (Å²) in [6, 6.07) is 14.3. The Hall–Kier alpha value is -9.06. The number of fused-ring (bicyclic) bond motifs is 3. The van der Waals surface area contributed by atoms with Gasteiger partial charge in [-0.15, -0.1) is 0 Å². The third-order valence-electron chi connectivity index (χ3n) is 13.4. The summed E-state index contributed by atoms with van der Waals surface area (Å²) >= 11 is 2.13. The maximum absolute atomic E-state index is 17.5. The van der Waals surface area contributed by atoms with Gasteiger partial charge in [-0.2, -0.15) is 0 Å². The Morgan fingerprint density at radius 1 is 0.725 bits per heavy atom. The zero-order valence-electron chi connectivity index (χ0n) is 52.1. The molecule has 2 aromatic carbocycles. The van der Waals surface area contributed by atoms with Crippen LogP contribution >= 0.6 is 22.7 Å². The molecule has 0 bridgehead atoms. The number of hydrogen-bond donors (Lipinski definition) is 4. The number of aliphatic hydroxyl groups is 1. The van der Waals surface area contributed by atoms with Crippen LogP contribution in [0.2, 0.25) is 0 Å². The SMILES string of the molecule is CCOC(=O)/C(=C(\O)c1cc(F)c(-c2cccc3sc(NC(=O)OC(C)(C)C)nc23)nc1Nc1c(C)cc(Oc2c(S(C)(=O)=O)c(=O)n(-c3c(C)ccnc3C(C)C)c3nc(-c4cccc5sc(NC(=O)OC(C)(C)C)nc45)c(F)cc23)nc1C(C)C)S(C)(=O)=O. The second kappa shape index (κ2) is 25.0. The van der Waals surface area contributed by atoms with E-state index >= 15 is 13.6 Å². The summed E-state index contributed by atoms with van der Waals surface area (Å²) in [5.41, 5.74) is -2.34. The summed E-state index contributed by atoms with van der Waals surface area (Å²) in [4.78, 5) is 80.4. The molecular formula is C62H64F2N10O13S4. The largest absolute Gasteiger partial charge is 0.506 e. The van der Waals surface area contributed by atoms with Crippen molar-refractivity contribution in [3.8, 4) is 39.8 Å². The number of aryl methyl sites for hydroxylation is 2. The molecule has 0 radical (unpaired) electrons. The predicted octanol–water partition coefficient (Wildman–Crippen LogP) is 13.7. The van der Waals surface area contributed by atoms with Gasteiger partial charge < -0.3 is 29.4 Å². The fraction of sp³-hybridized carbons (Fsp3) is 0.323. The molecule has 478 valence electrons. The molecule has 9 aromatic rings. The Morgan fingerprint density at radius 2 is 1.26 bits per heavy atom. The van der Waals surface area contributed by atoms with Crippen LogP contribution < -0.4 is 26.2 Å². The summed E-state index contributed by atoms with van der Waals surface area (Å²) in [7, 11) is -9.28. The van der Waals surface area contributed by atoms with Gasteiger partial charge >= 0.3 is 18.2 Å². The van der Waals surface area contributed by atoms with Gasteiger partial charge in [-0.05, 0) is 116 Å². The van der Waals surface area contributed by atoms with E-state index in [1.807, 2.05) is 13.8 Å². The molecule has 91 heavy (non-hydrogen) atoms. The van der Waals surface area contributed by atoms with Crippen molar-refractivity contribution in [2.24, 2.45) is 0 Å². The number of amides is 2. The Bertz CT molecular complexity index is 4820. The number of nitrogens with one attached hydrogen (secondary N) is 3. The van der Waals surface area contributed by atoms with Crippen molar-refractivity contribution in [1.29, 1.82) is 0 Å². The van der Waals surface area contributed by atoms with Crippen molar-refractivity contribution >= 4 is 119 Å². The highest BCUT2D eigenvalue weighted by molar-refractivity contribution is 7.95. The quantitative estimate of drug-likeness (QED) is 0.0302. The van der Waals surface area contributed by atoms with Crippen molar-refractivity contribution in [3.63, 3.8) is 0 Å². The van der Waals surface area contributed by atoms with E-state index in [0.29, 0.717) is 26.9 Å². The van der Waals surface area contributed by atoms with Crippen LogP contribution in [0.5, 0.6) is 11.6 Å². The van der Waals surface area contributed by atoms with E-state index in [2.05, 4.69) is 35.9 Å². The maximum Gasteiger partial charge on any atom is 0.413 e. The lowest BCUT2D eigenvalue weighted by molar-refractivity contribution is -0.137. The number of rotatable bonds is 16. The summed E-state index contributed by atoms with van der Waals surface area (Å²) in [5, 5.41) is 20.1. The molecule has 0 atom stereocenters. The molecule has 0 aliphatic rings. The first-order chi connectivity index (χ1) is 42.4. The molecule has 0 unspecified atom stereocenters. The van der Waals surface area contributed by atoms with E-state index in [1.54, 1.807) is 106 Å². The highest BCUT2D eigenvalue weighted by Gasteiger charge is 2.35. The lowest BCUT2D eigenvalue weighted by Crippen LogP contribution is -2.28. The van der Waals surface area contributed by atoms with Crippen LogP contribution in [-0.2, 0) is 38.7 Å². The maximum atomic E-state index is 17.5. The molecule has 0 aliphatic heterocycles. The molecule has 0 saturated carbocycles. The molecule has 23 nitrogen and oxygen atoms in total. The van der Waals surface area contributed by atoms with Gasteiger partial charge in [0.25, 0.3) is 5.56 Å². The molecule has 0 saturated heterocycles. The van der Waals surface area contributed by atoms with Gasteiger partial charge in [-0.3, -0.25) is 25.0 Å². The van der Waals surface area contributed by atoms with Gasteiger partial charge in [0.2, 0.25) is 5.88 Å². The molecule has 4 N–H and O–H groups in total. The molecule has 9 rings (SSSR count). The molecule has 7 heterocycles. The fourth-order valence-corrected chi connectivity index (χ4v) is 13.2. The van der Waals surface area contributed by atoms with E-state index in [-0.39, 0.29) is 90.2 Å². The number of halogens is 2. The number of hydrogen-bond acceptors (Lipinski definition) is 22. The third kappa shape index (κ3) is 14.0. The average molecular weight is 1320 g/mol. The Balaban J connectivity index is 1.25. The molecule has 2 amide bonds. The summed E-state index contributed by atoms with van der Waals surface area (Å²) < 4.78 is 114. The zero-order chi connectivity index (χ0) is 66.7. The lowest BCUT2D eigenvalue weighted by Gasteiger charge is -2.22. The molecule has 0 fully saturated rings. The van der Waals surface area contributed by atoms with E-state index in [1.165, 1.54) is 25.3 Å². The second-order valence-electron chi connectivity index (χ2n) is 23.7. The van der Waals surface area contributed by atoms with Gasteiger partial charge in [0.1, 0.15) is 40.0 Å². The number of aromatic nitrogens is 7. The van der Waals surface area contributed by atoms with E-state index in [0.717, 1.165) is 45.6 Å². The van der Waals surface area contributed by atoms with Crippen LogP contribution in [0.1, 0.15) is 116 Å². The first kappa shape index (κ1) is 66.4. The molecular weight excluding hydrogens is 1260 g/mol. The molecule has 0 spiro atoms. The summed E-state index contributed by atoms with van der Waals surface area (Å²) in [6.45, 7) is 21.6. The van der Waals surface area contributed by atoms with Crippen molar-refractivity contribution in [2.45, 2.75) is 118 Å². The van der Waals surface area contributed by atoms with Crippen LogP contribution in [-0.4, -0.2) is 105 Å². The number of pyridine rings is 5. The highest BCUT2D eigenvalue weighted by atomic mass is 32.2. The van der Waals surface area contributed by atoms with Crippen LogP contribution in [0.25, 0.3) is 65.4 Å². The first-order valence-corrected chi connectivity index (χ1v) is 33.6. The molecule has 7 aromatic heterocycles. The number of anilines is 4. The van der Waals surface area contributed by atoms with Crippen LogP contribution in [0, 0.1) is 25.5 Å². The van der Waals surface area contributed by atoms with Crippen molar-refractivity contribution in [3.05, 3.63) is 122 Å². The van der Waals surface area contributed by atoms with Crippen molar-refractivity contribution in [2.75, 3.05) is 35.1 Å². The Kier molecular flexibility index (Phi) is 18.2. The van der Waals surface area contributed by atoms with Crippen molar-refractivity contribution < 1.29 is 64.1 Å². The number of nitrogens with zero attached hydrogens (tertiary/aromatic N) is 7. The normalized spacial score (nSPS) is 12.6. The number of thiazole rings is 2. The molecule has 29 heteroatoms. The predicted molar refractivity (Wildman–Crippen MR) is 346 cm³/mol. The summed E-state index contributed by atoms with van der Waals surface area (Å²) in [5.74, 6) is -7.20. The minimum atomic E-state index is -4.65. The number of aliphatic hydroxyl groups excluding tert-OH is 1. The minimum Gasteiger partial charge on any atom is -0.506 e. The first-order valence-electron chi connectivity index (χ1n) is 28.2. The third-order valence-corrected chi connectivity index (χ3v) is 17.4. The molecule has 0 aliphatic carbocycles. The number of carbonyl (C=O) groups is 3. The van der Waals surface area contributed by atoms with Gasteiger partial charge in [-0.1, -0.05) is 74.6 Å². The second-order valence-corrected chi connectivity index (χ2v) is 29.6. The number of carbonyl (C=O) groups excluding carboxylic acids is 3. The number of esters is 1. The van der Waals surface area contributed by atoms with E-state index < -0.39 is 111 Å². The number of para-hydroxylation sites is 2. The van der Waals surface area contributed by atoms with Gasteiger partial charge in [0, 0.05) is 35.9 Å². The van der Waals surface area contributed by atoms with Crippen LogP contribution in [0.3, 0.4) is 0 Å². The van der Waals surface area contributed by atoms with Crippen LogP contribution in [0.4, 0.5) is 40.1 Å². The van der Waals surface area contributed by atoms with Gasteiger partial charge in [0.15, 0.2) is 56.9 Å². The highest BCUT2D eigenvalue weighted by Crippen LogP contribution is 2.44. The van der Waals surface area contributed by atoms with Gasteiger partial charge in [0.05, 0.1) is 60.8 Å². The standard InChI is InChI=1S/C62H64F2N10O13S4/c1-16-84-56(77)51(90(14,80)81)49(75)34-26-36(63)44(32-19-17-21-38-46(32)70-57(88-38)72-59(78)86-61(8,9)10)68-53(34)67-43-31(7)25-40(66-41(43)28(2)3)85-50-35-27-37(64)45(33-20-18-22-39-47(33)71-58(89-39)73-60(79)87-62(11,12)13)69-54(35)74(55(76)52(50)91(15,82)83)48-30(6)23-24-65-42(48)29(4)5/h17-29,75H,16H2,1-15H3,(H,67,68)(H,70,72,78)(H,71,73,79)/b51-49+. The minimum absolute atomic E-state index is 0.0767. The number of benzene rings is 2. The van der Waals surface area contributed by atoms with Crippen molar-refractivity contribution in [1.82, 2.24) is 34.5 Å². The monoisotopic (exact) mass is 1320 g/mol. The number of ether oxygens (including phenoxy) is 4. The smallest absolute Gasteiger partial charge is 0.413 e. The van der Waals surface area contributed by atoms with E-state index in [4.69, 9.17) is 28.9 Å². The zero-order valence-corrected chi connectivity index (χ0v) is 55.3.